The molecule has 0 bridgehead atoms. The fraction of sp³-hybridized carbons (Fsp3) is 0.167. The van der Waals surface area contributed by atoms with E-state index >= 15 is 0 Å². The third kappa shape index (κ3) is 3.09. The van der Waals surface area contributed by atoms with Crippen LogP contribution in [0.1, 0.15) is 16.1 Å². The van der Waals surface area contributed by atoms with Crippen LogP contribution in [0.5, 0.6) is 11.5 Å². The third-order valence-corrected chi connectivity index (χ3v) is 4.31. The van der Waals surface area contributed by atoms with Crippen LogP contribution >= 0.6 is 11.6 Å². The molecule has 1 N–H and O–H groups in total. The maximum atomic E-state index is 12.6. The number of aromatic hydroxyl groups is 1. The van der Waals surface area contributed by atoms with Crippen LogP contribution in [0, 0.1) is 0 Å². The van der Waals surface area contributed by atoms with Crippen molar-refractivity contribution >= 4 is 17.5 Å². The van der Waals surface area contributed by atoms with Crippen molar-refractivity contribution in [3.63, 3.8) is 0 Å². The molecule has 4 rings (SSSR count). The van der Waals surface area contributed by atoms with E-state index in [9.17, 15) is 9.90 Å². The smallest absolute Gasteiger partial charge is 0.276 e. The Morgan fingerprint density at radius 2 is 2.15 bits per heavy atom. The van der Waals surface area contributed by atoms with Crippen molar-refractivity contribution in [2.75, 3.05) is 13.2 Å². The van der Waals surface area contributed by atoms with Gasteiger partial charge in [-0.2, -0.15) is 0 Å². The number of fused-ring (bicyclic) bond motifs is 1. The van der Waals surface area contributed by atoms with Crippen molar-refractivity contribution in [1.82, 2.24) is 15.0 Å². The molecule has 3 heterocycles. The summed E-state index contributed by atoms with van der Waals surface area (Å²) in [6.07, 6.45) is 2.89. The molecule has 3 aromatic rings. The average molecular weight is 372 g/mol. The Morgan fingerprint density at radius 3 is 2.88 bits per heavy atom. The largest absolute Gasteiger partial charge is 0.504 e. The second kappa shape index (κ2) is 6.68. The van der Waals surface area contributed by atoms with Crippen LogP contribution in [-0.2, 0) is 6.54 Å². The van der Waals surface area contributed by atoms with Gasteiger partial charge in [0.1, 0.15) is 12.9 Å². The van der Waals surface area contributed by atoms with E-state index in [-0.39, 0.29) is 30.5 Å². The number of carbonyl (C=O) groups excluding carboxylic acids is 1. The van der Waals surface area contributed by atoms with Gasteiger partial charge in [0.2, 0.25) is 0 Å². The quantitative estimate of drug-likeness (QED) is 0.744. The monoisotopic (exact) mass is 371 g/mol. The highest BCUT2D eigenvalue weighted by Crippen LogP contribution is 2.37. The van der Waals surface area contributed by atoms with Crippen molar-refractivity contribution in [3.05, 3.63) is 59.1 Å². The van der Waals surface area contributed by atoms with Crippen LogP contribution < -0.4 is 4.74 Å². The van der Waals surface area contributed by atoms with E-state index in [0.29, 0.717) is 34.1 Å². The van der Waals surface area contributed by atoms with Crippen LogP contribution in [0.4, 0.5) is 0 Å². The number of phenolic OH excluding ortho intramolecular Hbond substituents is 1. The molecule has 1 aliphatic rings. The van der Waals surface area contributed by atoms with E-state index in [1.807, 2.05) is 6.07 Å². The SMILES string of the molecule is O=C(c1ccon1)N1CCOc2c(O)cc(-c3ccc(Cl)cn3)cc2C1. The molecule has 1 amide bonds. The zero-order chi connectivity index (χ0) is 18.1. The van der Waals surface area contributed by atoms with Crippen LogP contribution in [0.2, 0.25) is 5.02 Å². The van der Waals surface area contributed by atoms with E-state index < -0.39 is 0 Å². The predicted octanol–water partition coefficient (Wildman–Crippen LogP) is 3.13. The first-order chi connectivity index (χ1) is 12.6. The fourth-order valence-corrected chi connectivity index (χ4v) is 2.96. The zero-order valence-corrected chi connectivity index (χ0v) is 14.3. The van der Waals surface area contributed by atoms with Gasteiger partial charge in [-0.1, -0.05) is 16.8 Å². The van der Waals surface area contributed by atoms with Crippen molar-refractivity contribution in [2.45, 2.75) is 6.54 Å². The van der Waals surface area contributed by atoms with Crippen molar-refractivity contribution < 1.29 is 19.2 Å². The maximum absolute atomic E-state index is 12.6. The fourth-order valence-electron chi connectivity index (χ4n) is 2.85. The summed E-state index contributed by atoms with van der Waals surface area (Å²) in [6.45, 7) is 0.910. The van der Waals surface area contributed by atoms with Gasteiger partial charge in [0.05, 0.1) is 17.3 Å². The van der Waals surface area contributed by atoms with Gasteiger partial charge in [-0.3, -0.25) is 9.78 Å². The lowest BCUT2D eigenvalue weighted by molar-refractivity contribution is 0.0722. The molecule has 0 atom stereocenters. The molecule has 0 spiro atoms. The maximum Gasteiger partial charge on any atom is 0.276 e. The number of benzene rings is 1. The van der Waals surface area contributed by atoms with Crippen LogP contribution in [0.3, 0.4) is 0 Å². The zero-order valence-electron chi connectivity index (χ0n) is 13.6. The molecular formula is C18H14ClN3O4. The van der Waals surface area contributed by atoms with Gasteiger partial charge in [0.15, 0.2) is 17.2 Å². The summed E-state index contributed by atoms with van der Waals surface area (Å²) in [5, 5.41) is 14.6. The third-order valence-electron chi connectivity index (χ3n) is 4.08. The van der Waals surface area contributed by atoms with Gasteiger partial charge in [-0.15, -0.1) is 0 Å². The number of ether oxygens (including phenoxy) is 1. The lowest BCUT2D eigenvalue weighted by Crippen LogP contribution is -2.32. The van der Waals surface area contributed by atoms with Crippen LogP contribution in [0.25, 0.3) is 11.3 Å². The molecule has 2 aromatic heterocycles. The number of amides is 1. The second-order valence-corrected chi connectivity index (χ2v) is 6.24. The Bertz CT molecular complexity index is 942. The average Bonchev–Trinajstić information content (AvgIpc) is 3.08. The lowest BCUT2D eigenvalue weighted by atomic mass is 10.0. The molecule has 7 nitrogen and oxygen atoms in total. The highest BCUT2D eigenvalue weighted by atomic mass is 35.5. The Kier molecular flexibility index (Phi) is 4.22. The molecule has 1 aliphatic heterocycles. The number of halogens is 1. The Balaban J connectivity index is 1.69. The summed E-state index contributed by atoms with van der Waals surface area (Å²) in [6, 6.07) is 8.44. The molecular weight excluding hydrogens is 358 g/mol. The normalized spacial score (nSPS) is 13.7. The number of pyridine rings is 1. The molecule has 0 aliphatic carbocycles. The molecule has 0 saturated heterocycles. The van der Waals surface area contributed by atoms with Gasteiger partial charge in [-0.25, -0.2) is 0 Å². The van der Waals surface area contributed by atoms with Crippen LogP contribution in [0.15, 0.2) is 47.3 Å². The van der Waals surface area contributed by atoms with E-state index in [2.05, 4.69) is 10.1 Å². The highest BCUT2D eigenvalue weighted by molar-refractivity contribution is 6.30. The minimum atomic E-state index is -0.260. The highest BCUT2D eigenvalue weighted by Gasteiger charge is 2.25. The standard InChI is InChI=1S/C18H14ClN3O4/c19-13-1-2-14(20-9-13)11-7-12-10-22(18(24)15-3-5-26-21-15)4-6-25-17(12)16(23)8-11/h1-3,5,7-9,23H,4,6,10H2. The minimum absolute atomic E-state index is 0.00462. The number of carbonyl (C=O) groups is 1. The summed E-state index contributed by atoms with van der Waals surface area (Å²) in [4.78, 5) is 18.4. The lowest BCUT2D eigenvalue weighted by Gasteiger charge is -2.18. The summed E-state index contributed by atoms with van der Waals surface area (Å²) >= 11 is 5.88. The molecule has 8 heteroatoms. The first kappa shape index (κ1) is 16.4. The minimum Gasteiger partial charge on any atom is -0.504 e. The molecule has 132 valence electrons. The molecule has 0 saturated carbocycles. The van der Waals surface area contributed by atoms with E-state index in [1.165, 1.54) is 18.5 Å². The van der Waals surface area contributed by atoms with Crippen molar-refractivity contribution in [2.24, 2.45) is 0 Å². The number of nitrogens with zero attached hydrogens (tertiary/aromatic N) is 3. The molecule has 26 heavy (non-hydrogen) atoms. The molecule has 1 aromatic carbocycles. The van der Waals surface area contributed by atoms with E-state index in [0.717, 1.165) is 0 Å². The first-order valence-electron chi connectivity index (χ1n) is 7.92. The van der Waals surface area contributed by atoms with Gasteiger partial charge in [-0.05, 0) is 24.3 Å². The number of phenols is 1. The summed E-state index contributed by atoms with van der Waals surface area (Å²) in [5.41, 5.74) is 2.28. The van der Waals surface area contributed by atoms with Crippen LogP contribution in [-0.4, -0.2) is 39.2 Å². The number of rotatable bonds is 2. The molecule has 0 unspecified atom stereocenters. The summed E-state index contributed by atoms with van der Waals surface area (Å²) < 4.78 is 10.4. The van der Waals surface area contributed by atoms with Crippen molar-refractivity contribution in [1.29, 1.82) is 0 Å². The van der Waals surface area contributed by atoms with Gasteiger partial charge < -0.3 is 19.3 Å². The number of aromatic nitrogens is 2. The predicted molar refractivity (Wildman–Crippen MR) is 93.1 cm³/mol. The number of hydrogen-bond donors (Lipinski definition) is 1. The van der Waals surface area contributed by atoms with Gasteiger partial charge in [0.25, 0.3) is 5.91 Å². The molecule has 0 fully saturated rings. The summed E-state index contributed by atoms with van der Waals surface area (Å²) in [7, 11) is 0. The Labute approximate surface area is 153 Å². The molecule has 0 radical (unpaired) electrons. The van der Waals surface area contributed by atoms with Crippen molar-refractivity contribution in [3.8, 4) is 22.8 Å². The Hall–Kier alpha value is -3.06. The van der Waals surface area contributed by atoms with Gasteiger partial charge in [0, 0.05) is 29.9 Å². The second-order valence-electron chi connectivity index (χ2n) is 5.81. The van der Waals surface area contributed by atoms with E-state index in [1.54, 1.807) is 23.1 Å². The van der Waals surface area contributed by atoms with E-state index in [4.69, 9.17) is 20.9 Å². The Morgan fingerprint density at radius 1 is 1.27 bits per heavy atom. The topological polar surface area (TPSA) is 88.7 Å². The number of hydrogen-bond acceptors (Lipinski definition) is 6. The summed E-state index contributed by atoms with van der Waals surface area (Å²) in [5.74, 6) is 0.118. The van der Waals surface area contributed by atoms with Gasteiger partial charge >= 0.3 is 0 Å². The first-order valence-corrected chi connectivity index (χ1v) is 8.30.